The molecule has 0 saturated carbocycles. The molecule has 1 atom stereocenters. The summed E-state index contributed by atoms with van der Waals surface area (Å²) in [7, 11) is 0. The zero-order valence-electron chi connectivity index (χ0n) is 15.9. The summed E-state index contributed by atoms with van der Waals surface area (Å²) < 4.78 is 5.34. The lowest BCUT2D eigenvalue weighted by Crippen LogP contribution is -2.37. The molecule has 1 aromatic heterocycles. The number of carbonyl (C=O) groups is 1. The van der Waals surface area contributed by atoms with Gasteiger partial charge in [-0.05, 0) is 37.8 Å². The molecule has 0 amide bonds. The van der Waals surface area contributed by atoms with Crippen LogP contribution in [0, 0.1) is 5.41 Å². The largest absolute Gasteiger partial charge is 0.459 e. The van der Waals surface area contributed by atoms with Crippen LogP contribution < -0.4 is 5.32 Å². The monoisotopic (exact) mass is 385 g/mol. The first kappa shape index (κ1) is 21.8. The van der Waals surface area contributed by atoms with Gasteiger partial charge in [0, 0.05) is 23.6 Å². The van der Waals surface area contributed by atoms with Gasteiger partial charge in [0.1, 0.15) is 11.4 Å². The van der Waals surface area contributed by atoms with Gasteiger partial charge in [-0.2, -0.15) is 0 Å². The van der Waals surface area contributed by atoms with Gasteiger partial charge in [0.15, 0.2) is 0 Å². The van der Waals surface area contributed by atoms with Crippen molar-refractivity contribution in [3.05, 3.63) is 23.6 Å². The average molecular weight is 386 g/mol. The SMILES string of the molecule is C=Cc1cnc(Cl)nc1N[C@H](CSCC(=O)OC(C)(C)C)C(C)(C)C. The van der Waals surface area contributed by atoms with Crippen molar-refractivity contribution in [3.63, 3.8) is 0 Å². The second-order valence-corrected chi connectivity index (χ2v) is 9.18. The summed E-state index contributed by atoms with van der Waals surface area (Å²) in [5, 5.41) is 3.60. The third kappa shape index (κ3) is 8.10. The van der Waals surface area contributed by atoms with Crippen molar-refractivity contribution in [2.45, 2.75) is 53.2 Å². The van der Waals surface area contributed by atoms with E-state index in [0.717, 1.165) is 11.3 Å². The summed E-state index contributed by atoms with van der Waals surface area (Å²) in [5.74, 6) is 1.47. The lowest BCUT2D eigenvalue weighted by Gasteiger charge is -2.32. The molecule has 0 spiro atoms. The maximum atomic E-state index is 11.9. The van der Waals surface area contributed by atoms with Crippen LogP contribution in [-0.2, 0) is 9.53 Å². The van der Waals surface area contributed by atoms with E-state index in [4.69, 9.17) is 16.3 Å². The third-order valence-corrected chi connectivity index (χ3v) is 4.48. The Kier molecular flexibility index (Phi) is 7.75. The first-order valence-corrected chi connectivity index (χ1v) is 9.67. The highest BCUT2D eigenvalue weighted by atomic mass is 35.5. The molecule has 1 heterocycles. The number of hydrogen-bond acceptors (Lipinski definition) is 6. The van der Waals surface area contributed by atoms with E-state index in [1.54, 1.807) is 12.3 Å². The summed E-state index contributed by atoms with van der Waals surface area (Å²) in [6, 6.07) is 0.0737. The van der Waals surface area contributed by atoms with Gasteiger partial charge in [-0.25, -0.2) is 9.97 Å². The molecule has 0 aliphatic heterocycles. The van der Waals surface area contributed by atoms with Crippen LogP contribution in [-0.4, -0.2) is 39.1 Å². The minimum Gasteiger partial charge on any atom is -0.459 e. The van der Waals surface area contributed by atoms with Crippen LogP contribution in [0.15, 0.2) is 12.8 Å². The number of hydrogen-bond donors (Lipinski definition) is 1. The predicted octanol–water partition coefficient (Wildman–Crippen LogP) is 4.67. The minimum atomic E-state index is -0.462. The van der Waals surface area contributed by atoms with Crippen molar-refractivity contribution in [2.75, 3.05) is 16.8 Å². The second-order valence-electron chi connectivity index (χ2n) is 7.81. The molecule has 0 aromatic carbocycles. The molecule has 0 fully saturated rings. The number of nitrogens with one attached hydrogen (secondary N) is 1. The van der Waals surface area contributed by atoms with Crippen molar-refractivity contribution in [3.8, 4) is 0 Å². The van der Waals surface area contributed by atoms with Gasteiger partial charge in [-0.1, -0.05) is 33.4 Å². The maximum Gasteiger partial charge on any atom is 0.316 e. The average Bonchev–Trinajstić information content (AvgIpc) is 2.43. The van der Waals surface area contributed by atoms with Crippen LogP contribution in [0.1, 0.15) is 47.1 Å². The molecule has 7 heteroatoms. The third-order valence-electron chi connectivity index (χ3n) is 3.29. The molecule has 5 nitrogen and oxygen atoms in total. The number of rotatable bonds is 7. The summed E-state index contributed by atoms with van der Waals surface area (Å²) in [4.78, 5) is 20.1. The van der Waals surface area contributed by atoms with Crippen molar-refractivity contribution in [1.82, 2.24) is 9.97 Å². The fourth-order valence-electron chi connectivity index (χ4n) is 1.94. The van der Waals surface area contributed by atoms with E-state index in [1.165, 1.54) is 11.8 Å². The number of anilines is 1. The highest BCUT2D eigenvalue weighted by molar-refractivity contribution is 7.99. The summed E-state index contributed by atoms with van der Waals surface area (Å²) >= 11 is 7.45. The van der Waals surface area contributed by atoms with Crippen molar-refractivity contribution >= 4 is 41.2 Å². The lowest BCUT2D eigenvalue weighted by molar-refractivity contribution is -0.151. The summed E-state index contributed by atoms with van der Waals surface area (Å²) in [5.41, 5.74) is 0.281. The number of ether oxygens (including phenoxy) is 1. The highest BCUT2D eigenvalue weighted by Gasteiger charge is 2.26. The number of esters is 1. The fourth-order valence-corrected chi connectivity index (χ4v) is 3.23. The molecule has 0 aliphatic rings. The molecule has 0 saturated heterocycles. The van der Waals surface area contributed by atoms with Crippen molar-refractivity contribution < 1.29 is 9.53 Å². The van der Waals surface area contributed by atoms with E-state index in [-0.39, 0.29) is 22.7 Å². The van der Waals surface area contributed by atoms with Crippen LogP contribution in [0.25, 0.3) is 6.08 Å². The minimum absolute atomic E-state index is 0.0448. The van der Waals surface area contributed by atoms with Crippen molar-refractivity contribution in [1.29, 1.82) is 0 Å². The molecule has 0 radical (unpaired) electrons. The van der Waals surface area contributed by atoms with Gasteiger partial charge >= 0.3 is 5.97 Å². The van der Waals surface area contributed by atoms with E-state index in [0.29, 0.717) is 11.6 Å². The Labute approximate surface area is 160 Å². The number of nitrogens with zero attached hydrogens (tertiary/aromatic N) is 2. The van der Waals surface area contributed by atoms with E-state index >= 15 is 0 Å². The number of halogens is 1. The Morgan fingerprint density at radius 1 is 1.40 bits per heavy atom. The van der Waals surface area contributed by atoms with Gasteiger partial charge in [0.2, 0.25) is 5.28 Å². The Morgan fingerprint density at radius 3 is 2.56 bits per heavy atom. The van der Waals surface area contributed by atoms with Crippen molar-refractivity contribution in [2.24, 2.45) is 5.41 Å². The Hall–Kier alpha value is -1.27. The normalized spacial score (nSPS) is 13.2. The molecular formula is C18H28ClN3O2S. The zero-order chi connectivity index (χ0) is 19.3. The molecular weight excluding hydrogens is 358 g/mol. The molecule has 0 aliphatic carbocycles. The van der Waals surface area contributed by atoms with Crippen LogP contribution in [0.3, 0.4) is 0 Å². The number of thioether (sulfide) groups is 1. The van der Waals surface area contributed by atoms with Gasteiger partial charge in [0.25, 0.3) is 0 Å². The molecule has 0 bridgehead atoms. The maximum absolute atomic E-state index is 11.9. The summed E-state index contributed by atoms with van der Waals surface area (Å²) in [6.07, 6.45) is 3.32. The van der Waals surface area contributed by atoms with Crippen LogP contribution >= 0.6 is 23.4 Å². The second kappa shape index (κ2) is 8.90. The van der Waals surface area contributed by atoms with Gasteiger partial charge < -0.3 is 10.1 Å². The predicted molar refractivity (Wildman–Crippen MR) is 107 cm³/mol. The molecule has 1 aromatic rings. The lowest BCUT2D eigenvalue weighted by atomic mass is 9.88. The Balaban J connectivity index is 2.75. The standard InChI is InChI=1S/C18H28ClN3O2S/c1-8-12-9-20-16(19)22-15(12)21-13(17(2,3)4)10-25-11-14(23)24-18(5,6)7/h8-9,13H,1,10-11H2,2-7H3,(H,20,21,22)/t13-/m1/s1. The summed E-state index contributed by atoms with van der Waals surface area (Å²) in [6.45, 7) is 15.8. The molecule has 140 valence electrons. The van der Waals surface area contributed by atoms with Crippen LogP contribution in [0.2, 0.25) is 5.28 Å². The Bertz CT molecular complexity index is 609. The van der Waals surface area contributed by atoms with E-state index in [9.17, 15) is 4.79 Å². The van der Waals surface area contributed by atoms with Crippen LogP contribution in [0.5, 0.6) is 0 Å². The Morgan fingerprint density at radius 2 is 2.04 bits per heavy atom. The smallest absolute Gasteiger partial charge is 0.316 e. The molecule has 25 heavy (non-hydrogen) atoms. The number of aromatic nitrogens is 2. The molecule has 1 N–H and O–H groups in total. The molecule has 0 unspecified atom stereocenters. The van der Waals surface area contributed by atoms with E-state index in [1.807, 2.05) is 20.8 Å². The zero-order valence-corrected chi connectivity index (χ0v) is 17.4. The van der Waals surface area contributed by atoms with E-state index in [2.05, 4.69) is 42.6 Å². The first-order valence-electron chi connectivity index (χ1n) is 8.13. The topological polar surface area (TPSA) is 64.1 Å². The molecule has 1 rings (SSSR count). The first-order chi connectivity index (χ1) is 11.4. The van der Waals surface area contributed by atoms with Gasteiger partial charge in [-0.15, -0.1) is 11.8 Å². The van der Waals surface area contributed by atoms with E-state index < -0.39 is 5.60 Å². The van der Waals surface area contributed by atoms with Crippen LogP contribution in [0.4, 0.5) is 5.82 Å². The quantitative estimate of drug-likeness (QED) is 0.543. The fraction of sp³-hybridized carbons (Fsp3) is 0.611. The highest BCUT2D eigenvalue weighted by Crippen LogP contribution is 2.27. The number of carbonyl (C=O) groups excluding carboxylic acids is 1. The van der Waals surface area contributed by atoms with Gasteiger partial charge in [0.05, 0.1) is 5.75 Å². The van der Waals surface area contributed by atoms with Gasteiger partial charge in [-0.3, -0.25) is 4.79 Å².